The van der Waals surface area contributed by atoms with Gasteiger partial charge in [0, 0.05) is 5.41 Å². The van der Waals surface area contributed by atoms with Crippen LogP contribution in [0.2, 0.25) is 0 Å². The Labute approximate surface area is 115 Å². The third-order valence-electron chi connectivity index (χ3n) is 2.88. The highest BCUT2D eigenvalue weighted by atomic mass is 16.6. The first-order valence-electron chi connectivity index (χ1n) is 6.28. The molecule has 1 aromatic heterocycles. The van der Waals surface area contributed by atoms with Gasteiger partial charge >= 0.3 is 5.97 Å². The third kappa shape index (κ3) is 2.09. The Kier molecular flexibility index (Phi) is 2.67. The van der Waals surface area contributed by atoms with E-state index in [-0.39, 0.29) is 11.1 Å². The monoisotopic (exact) mass is 270 g/mol. The molecule has 1 aromatic carbocycles. The lowest BCUT2D eigenvalue weighted by Crippen LogP contribution is -2.21. The Balaban J connectivity index is 2.04. The Morgan fingerprint density at radius 2 is 2.00 bits per heavy atom. The highest BCUT2D eigenvalue weighted by Crippen LogP contribution is 2.25. The minimum absolute atomic E-state index is 0.227. The molecule has 1 aliphatic heterocycles. The van der Waals surface area contributed by atoms with Gasteiger partial charge in [-0.2, -0.15) is 0 Å². The number of carbonyl (C=O) groups is 1. The van der Waals surface area contributed by atoms with Crippen molar-refractivity contribution in [2.45, 2.75) is 20.8 Å². The van der Waals surface area contributed by atoms with E-state index in [1.807, 2.05) is 45.0 Å². The van der Waals surface area contributed by atoms with Gasteiger partial charge in [0.15, 0.2) is 5.70 Å². The lowest BCUT2D eigenvalue weighted by Gasteiger charge is -2.15. The van der Waals surface area contributed by atoms with E-state index in [2.05, 4.69) is 15.3 Å². The van der Waals surface area contributed by atoms with Crippen LogP contribution in [0.15, 0.2) is 35.0 Å². The Hall–Kier alpha value is -2.50. The smallest absolute Gasteiger partial charge is 0.365 e. The number of carbonyl (C=O) groups excluding carboxylic acids is 1. The molecule has 6 heteroatoms. The lowest BCUT2D eigenvalue weighted by atomic mass is 9.97. The summed E-state index contributed by atoms with van der Waals surface area (Å²) >= 11 is 0. The van der Waals surface area contributed by atoms with Gasteiger partial charge < -0.3 is 4.74 Å². The van der Waals surface area contributed by atoms with E-state index in [0.717, 1.165) is 11.0 Å². The summed E-state index contributed by atoms with van der Waals surface area (Å²) in [5, 5.41) is 8.02. The molecular weight excluding hydrogens is 256 g/mol. The molecule has 0 N–H and O–H groups in total. The van der Waals surface area contributed by atoms with Crippen molar-refractivity contribution in [3.63, 3.8) is 0 Å². The van der Waals surface area contributed by atoms with Crippen molar-refractivity contribution in [2.24, 2.45) is 10.4 Å². The molecule has 3 rings (SSSR count). The first-order chi connectivity index (χ1) is 9.45. The van der Waals surface area contributed by atoms with Crippen LogP contribution in [0.25, 0.3) is 17.2 Å². The molecule has 2 heterocycles. The van der Waals surface area contributed by atoms with Gasteiger partial charge in [0.2, 0.25) is 5.90 Å². The number of benzene rings is 1. The fourth-order valence-corrected chi connectivity index (χ4v) is 1.82. The van der Waals surface area contributed by atoms with E-state index in [1.165, 1.54) is 10.9 Å². The molecule has 0 fully saturated rings. The Morgan fingerprint density at radius 3 is 2.70 bits per heavy atom. The number of ether oxygens (including phenoxy) is 1. The summed E-state index contributed by atoms with van der Waals surface area (Å²) in [4.78, 5) is 16.1. The molecular formula is C14H14N4O2. The first kappa shape index (κ1) is 12.5. The zero-order chi connectivity index (χ0) is 14.3. The first-order valence-corrected chi connectivity index (χ1v) is 6.28. The number of rotatable bonds is 1. The van der Waals surface area contributed by atoms with Crippen LogP contribution in [-0.4, -0.2) is 26.9 Å². The second-order valence-corrected chi connectivity index (χ2v) is 5.59. The van der Waals surface area contributed by atoms with Gasteiger partial charge in [0.05, 0.1) is 11.7 Å². The van der Waals surface area contributed by atoms with Crippen LogP contribution in [0.5, 0.6) is 0 Å². The highest BCUT2D eigenvalue weighted by molar-refractivity contribution is 6.07. The molecule has 0 saturated carbocycles. The molecule has 0 unspecified atom stereocenters. The molecule has 6 nitrogen and oxygen atoms in total. The standard InChI is InChI=1S/C14H14N4O2/c1-14(2,3)13-15-10(12(19)20-13)8-18-11-7-5-4-6-9(11)16-17-18/h4-8H,1-3H3/b10-8+. The summed E-state index contributed by atoms with van der Waals surface area (Å²) in [6.45, 7) is 5.81. The lowest BCUT2D eigenvalue weighted by molar-refractivity contribution is -0.130. The molecule has 0 bridgehead atoms. The second kappa shape index (κ2) is 4.26. The summed E-state index contributed by atoms with van der Waals surface area (Å²) in [6, 6.07) is 7.50. The Morgan fingerprint density at radius 1 is 1.25 bits per heavy atom. The van der Waals surface area contributed by atoms with E-state index < -0.39 is 5.97 Å². The van der Waals surface area contributed by atoms with Crippen molar-refractivity contribution in [2.75, 3.05) is 0 Å². The minimum Gasteiger partial charge on any atom is -0.406 e. The number of fused-ring (bicyclic) bond motifs is 1. The van der Waals surface area contributed by atoms with Gasteiger partial charge in [-0.15, -0.1) is 5.10 Å². The van der Waals surface area contributed by atoms with Gasteiger partial charge in [-0.25, -0.2) is 14.5 Å². The number of hydrogen-bond donors (Lipinski definition) is 0. The molecule has 0 atom stereocenters. The molecule has 102 valence electrons. The predicted molar refractivity (Wildman–Crippen MR) is 74.8 cm³/mol. The number of aliphatic imine (C=N–C) groups is 1. The summed E-state index contributed by atoms with van der Waals surface area (Å²) in [5.41, 5.74) is 1.49. The molecule has 20 heavy (non-hydrogen) atoms. The minimum atomic E-state index is -0.463. The van der Waals surface area contributed by atoms with Crippen molar-refractivity contribution in [1.29, 1.82) is 0 Å². The topological polar surface area (TPSA) is 69.4 Å². The van der Waals surface area contributed by atoms with E-state index in [1.54, 1.807) is 0 Å². The molecule has 1 aliphatic rings. The summed E-state index contributed by atoms with van der Waals surface area (Å²) in [7, 11) is 0. The normalized spacial score (nSPS) is 17.6. The number of cyclic esters (lactones) is 1. The third-order valence-corrected chi connectivity index (χ3v) is 2.88. The molecule has 0 amide bonds. The van der Waals surface area contributed by atoms with Crippen molar-refractivity contribution in [3.8, 4) is 0 Å². The van der Waals surface area contributed by atoms with Crippen LogP contribution in [0, 0.1) is 5.41 Å². The molecule has 0 radical (unpaired) electrons. The average Bonchev–Trinajstić information content (AvgIpc) is 2.95. The van der Waals surface area contributed by atoms with Crippen LogP contribution >= 0.6 is 0 Å². The van der Waals surface area contributed by atoms with Crippen molar-refractivity contribution >= 4 is 29.1 Å². The molecule has 0 aliphatic carbocycles. The maximum Gasteiger partial charge on any atom is 0.365 e. The summed E-state index contributed by atoms with van der Waals surface area (Å²) < 4.78 is 6.71. The van der Waals surface area contributed by atoms with Gasteiger partial charge in [0.1, 0.15) is 5.52 Å². The maximum absolute atomic E-state index is 11.8. The quantitative estimate of drug-likeness (QED) is 0.588. The largest absolute Gasteiger partial charge is 0.406 e. The fourth-order valence-electron chi connectivity index (χ4n) is 1.82. The van der Waals surface area contributed by atoms with Crippen LogP contribution in [0.3, 0.4) is 0 Å². The van der Waals surface area contributed by atoms with Gasteiger partial charge in [-0.3, -0.25) is 0 Å². The number of esters is 1. The zero-order valence-electron chi connectivity index (χ0n) is 11.5. The molecule has 2 aromatic rings. The number of hydrogen-bond acceptors (Lipinski definition) is 5. The fraction of sp³-hybridized carbons (Fsp3) is 0.286. The van der Waals surface area contributed by atoms with Crippen LogP contribution in [0.4, 0.5) is 0 Å². The summed E-state index contributed by atoms with van der Waals surface area (Å²) in [5.74, 6) is -0.0484. The van der Waals surface area contributed by atoms with Crippen LogP contribution in [-0.2, 0) is 9.53 Å². The Bertz CT molecular complexity index is 750. The van der Waals surface area contributed by atoms with Crippen molar-refractivity contribution < 1.29 is 9.53 Å². The second-order valence-electron chi connectivity index (χ2n) is 5.59. The predicted octanol–water partition coefficient (Wildman–Crippen LogP) is 2.23. The SMILES string of the molecule is CC(C)(C)C1=N/C(=C/n2nnc3ccccc32)C(=O)O1. The number of nitrogens with zero attached hydrogens (tertiary/aromatic N) is 4. The van der Waals surface area contributed by atoms with Crippen molar-refractivity contribution in [1.82, 2.24) is 15.0 Å². The zero-order valence-corrected chi connectivity index (χ0v) is 11.5. The highest BCUT2D eigenvalue weighted by Gasteiger charge is 2.31. The van der Waals surface area contributed by atoms with Crippen LogP contribution < -0.4 is 0 Å². The van der Waals surface area contributed by atoms with E-state index >= 15 is 0 Å². The number of aromatic nitrogens is 3. The van der Waals surface area contributed by atoms with Crippen LogP contribution in [0.1, 0.15) is 20.8 Å². The maximum atomic E-state index is 11.8. The van der Waals surface area contributed by atoms with E-state index in [4.69, 9.17) is 4.74 Å². The van der Waals surface area contributed by atoms with E-state index in [9.17, 15) is 4.79 Å². The molecule has 0 spiro atoms. The summed E-state index contributed by atoms with van der Waals surface area (Å²) in [6.07, 6.45) is 1.54. The molecule has 0 saturated heterocycles. The average molecular weight is 270 g/mol. The number of para-hydroxylation sites is 1. The van der Waals surface area contributed by atoms with Crippen molar-refractivity contribution in [3.05, 3.63) is 30.0 Å². The van der Waals surface area contributed by atoms with Gasteiger partial charge in [-0.1, -0.05) is 38.1 Å². The van der Waals surface area contributed by atoms with Gasteiger partial charge in [-0.05, 0) is 12.1 Å². The van der Waals surface area contributed by atoms with E-state index in [0.29, 0.717) is 5.90 Å². The van der Waals surface area contributed by atoms with Gasteiger partial charge in [0.25, 0.3) is 0 Å².